The van der Waals surface area contributed by atoms with Gasteiger partial charge in [0.2, 0.25) is 5.91 Å². The topological polar surface area (TPSA) is 101 Å². The summed E-state index contributed by atoms with van der Waals surface area (Å²) >= 11 is 0. The third-order valence-corrected chi connectivity index (χ3v) is 3.68. The maximum Gasteiger partial charge on any atom is 0.232 e. The smallest absolute Gasteiger partial charge is 0.232 e. The SMILES string of the molecule is Cc1cc(C#N)ccc1CS(=O)(=O)CC(N)=O. The van der Waals surface area contributed by atoms with Crippen LogP contribution >= 0.6 is 0 Å². The van der Waals surface area contributed by atoms with Crippen molar-refractivity contribution in [3.05, 3.63) is 34.9 Å². The van der Waals surface area contributed by atoms with E-state index < -0.39 is 21.5 Å². The van der Waals surface area contributed by atoms with Crippen LogP contribution in [0.2, 0.25) is 0 Å². The largest absolute Gasteiger partial charge is 0.369 e. The minimum atomic E-state index is -3.53. The number of amides is 1. The molecule has 90 valence electrons. The Balaban J connectivity index is 2.97. The monoisotopic (exact) mass is 252 g/mol. The average Bonchev–Trinajstić information content (AvgIpc) is 2.18. The van der Waals surface area contributed by atoms with Gasteiger partial charge in [-0.15, -0.1) is 0 Å². The molecule has 17 heavy (non-hydrogen) atoms. The van der Waals surface area contributed by atoms with Crippen molar-refractivity contribution in [1.82, 2.24) is 0 Å². The fraction of sp³-hybridized carbons (Fsp3) is 0.273. The van der Waals surface area contributed by atoms with Crippen molar-refractivity contribution in [3.8, 4) is 6.07 Å². The van der Waals surface area contributed by atoms with E-state index in [0.717, 1.165) is 0 Å². The predicted octanol–water partition coefficient (Wildman–Crippen LogP) is 0.267. The molecule has 0 aromatic heterocycles. The summed E-state index contributed by atoms with van der Waals surface area (Å²) in [5, 5.41) is 8.68. The highest BCUT2D eigenvalue weighted by Crippen LogP contribution is 2.14. The number of rotatable bonds is 4. The molecule has 0 aliphatic carbocycles. The van der Waals surface area contributed by atoms with E-state index in [1.165, 1.54) is 0 Å². The van der Waals surface area contributed by atoms with Crippen LogP contribution in [0.4, 0.5) is 0 Å². The van der Waals surface area contributed by atoms with Crippen LogP contribution in [0, 0.1) is 18.3 Å². The minimum Gasteiger partial charge on any atom is -0.369 e. The molecule has 1 amide bonds. The molecule has 6 heteroatoms. The number of sulfone groups is 1. The molecule has 0 heterocycles. The van der Waals surface area contributed by atoms with Crippen molar-refractivity contribution in [2.45, 2.75) is 12.7 Å². The molecule has 0 bridgehead atoms. The van der Waals surface area contributed by atoms with Gasteiger partial charge in [0.25, 0.3) is 0 Å². The summed E-state index contributed by atoms with van der Waals surface area (Å²) in [5.74, 6) is -1.77. The van der Waals surface area contributed by atoms with Gasteiger partial charge < -0.3 is 5.73 Å². The van der Waals surface area contributed by atoms with Gasteiger partial charge in [0, 0.05) is 0 Å². The molecule has 1 aromatic carbocycles. The van der Waals surface area contributed by atoms with Crippen LogP contribution in [-0.2, 0) is 20.4 Å². The quantitative estimate of drug-likeness (QED) is 0.830. The Kier molecular flexibility index (Phi) is 3.86. The summed E-state index contributed by atoms with van der Waals surface area (Å²) in [5.41, 5.74) is 6.61. The zero-order valence-electron chi connectivity index (χ0n) is 9.30. The van der Waals surface area contributed by atoms with Crippen molar-refractivity contribution in [3.63, 3.8) is 0 Å². The normalized spacial score (nSPS) is 10.8. The summed E-state index contributed by atoms with van der Waals surface area (Å²) < 4.78 is 23.1. The fourth-order valence-electron chi connectivity index (χ4n) is 1.43. The second-order valence-corrected chi connectivity index (χ2v) is 5.82. The van der Waals surface area contributed by atoms with E-state index in [2.05, 4.69) is 0 Å². The lowest BCUT2D eigenvalue weighted by atomic mass is 10.1. The van der Waals surface area contributed by atoms with Gasteiger partial charge in [-0.2, -0.15) is 5.26 Å². The van der Waals surface area contributed by atoms with E-state index in [1.807, 2.05) is 6.07 Å². The van der Waals surface area contributed by atoms with Crippen LogP contribution < -0.4 is 5.73 Å². The number of aryl methyl sites for hydroxylation is 1. The molecule has 0 atom stereocenters. The Morgan fingerprint density at radius 3 is 2.59 bits per heavy atom. The van der Waals surface area contributed by atoms with Gasteiger partial charge in [0.1, 0.15) is 5.75 Å². The molecule has 5 nitrogen and oxygen atoms in total. The Bertz CT molecular complexity index is 585. The van der Waals surface area contributed by atoms with Gasteiger partial charge in [-0.25, -0.2) is 8.42 Å². The van der Waals surface area contributed by atoms with Crippen LogP contribution in [0.3, 0.4) is 0 Å². The zero-order chi connectivity index (χ0) is 13.1. The standard InChI is InChI=1S/C11H12N2O3S/c1-8-4-9(5-12)2-3-10(8)6-17(15,16)7-11(13)14/h2-4H,6-7H2,1H3,(H2,13,14). The molecule has 2 N–H and O–H groups in total. The van der Waals surface area contributed by atoms with E-state index >= 15 is 0 Å². The summed E-state index contributed by atoms with van der Waals surface area (Å²) in [7, 11) is -3.53. The number of nitrogens with zero attached hydrogens (tertiary/aromatic N) is 1. The van der Waals surface area contributed by atoms with Crippen LogP contribution in [0.25, 0.3) is 0 Å². The Morgan fingerprint density at radius 1 is 1.47 bits per heavy atom. The summed E-state index contributed by atoms with van der Waals surface area (Å²) in [4.78, 5) is 10.6. The number of hydrogen-bond donors (Lipinski definition) is 1. The third kappa shape index (κ3) is 3.89. The van der Waals surface area contributed by atoms with Gasteiger partial charge in [0.15, 0.2) is 9.84 Å². The highest BCUT2D eigenvalue weighted by molar-refractivity contribution is 7.91. The van der Waals surface area contributed by atoms with Crippen LogP contribution in [0.5, 0.6) is 0 Å². The Morgan fingerprint density at radius 2 is 2.12 bits per heavy atom. The molecule has 0 saturated heterocycles. The predicted molar refractivity (Wildman–Crippen MR) is 62.6 cm³/mol. The van der Waals surface area contributed by atoms with E-state index in [1.54, 1.807) is 25.1 Å². The maximum atomic E-state index is 11.6. The highest BCUT2D eigenvalue weighted by Gasteiger charge is 2.16. The first-order chi connectivity index (χ1) is 7.84. The first kappa shape index (κ1) is 13.2. The molecular formula is C11H12N2O3S. The summed E-state index contributed by atoms with van der Waals surface area (Å²) in [6.07, 6.45) is 0. The second kappa shape index (κ2) is 4.97. The molecule has 0 saturated carbocycles. The maximum absolute atomic E-state index is 11.6. The first-order valence-electron chi connectivity index (χ1n) is 4.82. The molecule has 0 aliphatic heterocycles. The van der Waals surface area contributed by atoms with E-state index in [4.69, 9.17) is 11.0 Å². The Labute approximate surface area is 99.8 Å². The summed E-state index contributed by atoms with van der Waals surface area (Å²) in [6.45, 7) is 1.72. The molecular weight excluding hydrogens is 240 g/mol. The highest BCUT2D eigenvalue weighted by atomic mass is 32.2. The van der Waals surface area contributed by atoms with Gasteiger partial charge in [-0.1, -0.05) is 6.07 Å². The van der Waals surface area contributed by atoms with E-state index in [0.29, 0.717) is 16.7 Å². The van der Waals surface area contributed by atoms with Crippen molar-refractivity contribution in [2.75, 3.05) is 5.75 Å². The zero-order valence-corrected chi connectivity index (χ0v) is 10.1. The molecule has 0 fully saturated rings. The molecule has 0 aliphatic rings. The molecule has 1 aromatic rings. The number of nitriles is 1. The number of carbonyl (C=O) groups excluding carboxylic acids is 1. The number of primary amides is 1. The average molecular weight is 252 g/mol. The summed E-state index contributed by atoms with van der Waals surface area (Å²) in [6, 6.07) is 6.69. The van der Waals surface area contributed by atoms with Crippen molar-refractivity contribution < 1.29 is 13.2 Å². The van der Waals surface area contributed by atoms with Crippen LogP contribution in [0.15, 0.2) is 18.2 Å². The van der Waals surface area contributed by atoms with Crippen LogP contribution in [-0.4, -0.2) is 20.1 Å². The van der Waals surface area contributed by atoms with E-state index in [9.17, 15) is 13.2 Å². The van der Waals surface area contributed by atoms with E-state index in [-0.39, 0.29) is 5.75 Å². The van der Waals surface area contributed by atoms with Crippen molar-refractivity contribution >= 4 is 15.7 Å². The first-order valence-corrected chi connectivity index (χ1v) is 6.64. The fourth-order valence-corrected chi connectivity index (χ4v) is 2.77. The number of hydrogen-bond acceptors (Lipinski definition) is 4. The lowest BCUT2D eigenvalue weighted by molar-refractivity contribution is -0.115. The Hall–Kier alpha value is -1.87. The van der Waals surface area contributed by atoms with Gasteiger partial charge in [-0.3, -0.25) is 4.79 Å². The van der Waals surface area contributed by atoms with Crippen molar-refractivity contribution in [2.24, 2.45) is 5.73 Å². The lowest BCUT2D eigenvalue weighted by Gasteiger charge is -2.06. The minimum absolute atomic E-state index is 0.243. The molecule has 1 rings (SSSR count). The van der Waals surface area contributed by atoms with Gasteiger partial charge >= 0.3 is 0 Å². The molecule has 0 radical (unpaired) electrons. The third-order valence-electron chi connectivity index (χ3n) is 2.21. The molecule has 0 unspecified atom stereocenters. The number of nitrogens with two attached hydrogens (primary N) is 1. The lowest BCUT2D eigenvalue weighted by Crippen LogP contribution is -2.24. The van der Waals surface area contributed by atoms with Gasteiger partial charge in [-0.05, 0) is 30.2 Å². The van der Waals surface area contributed by atoms with Gasteiger partial charge in [0.05, 0.1) is 17.4 Å². The number of carbonyl (C=O) groups is 1. The molecule has 0 spiro atoms. The second-order valence-electron chi connectivity index (χ2n) is 3.75. The van der Waals surface area contributed by atoms with Crippen LogP contribution in [0.1, 0.15) is 16.7 Å². The van der Waals surface area contributed by atoms with Crippen molar-refractivity contribution in [1.29, 1.82) is 5.26 Å². The number of benzene rings is 1.